The number of anilines is 1. The van der Waals surface area contributed by atoms with Gasteiger partial charge < -0.3 is 14.9 Å². The number of hydrogen-bond acceptors (Lipinski definition) is 4. The minimum atomic E-state index is 0.00883. The Morgan fingerprint density at radius 3 is 2.46 bits per heavy atom. The van der Waals surface area contributed by atoms with Gasteiger partial charge in [-0.25, -0.2) is 0 Å². The van der Waals surface area contributed by atoms with Crippen LogP contribution in [0.3, 0.4) is 0 Å². The number of nitrogens with two attached hydrogens (primary N) is 1. The van der Waals surface area contributed by atoms with E-state index < -0.39 is 0 Å². The second kappa shape index (κ2) is 7.60. The minimum absolute atomic E-state index is 0.00883. The average molecular weight is 338 g/mol. The van der Waals surface area contributed by atoms with Crippen molar-refractivity contribution in [3.63, 3.8) is 0 Å². The van der Waals surface area contributed by atoms with Gasteiger partial charge in [0, 0.05) is 16.5 Å². The Morgan fingerprint density at radius 2 is 1.79 bits per heavy atom. The van der Waals surface area contributed by atoms with E-state index in [9.17, 15) is 0 Å². The number of nitrogens with one attached hydrogen (secondary N) is 1. The zero-order valence-electron chi connectivity index (χ0n) is 13.9. The van der Waals surface area contributed by atoms with Crippen LogP contribution in [0.5, 0.6) is 0 Å². The second-order valence-electron chi connectivity index (χ2n) is 6.07. The van der Waals surface area contributed by atoms with Crippen molar-refractivity contribution in [3.05, 3.63) is 72.5 Å². The van der Waals surface area contributed by atoms with Gasteiger partial charge in [0.2, 0.25) is 0 Å². The monoisotopic (exact) mass is 338 g/mol. The highest BCUT2D eigenvalue weighted by atomic mass is 32.2. The summed E-state index contributed by atoms with van der Waals surface area (Å²) in [5, 5.41) is 0. The maximum atomic E-state index is 6.32. The molecule has 0 aliphatic carbocycles. The first-order chi connectivity index (χ1) is 11.6. The van der Waals surface area contributed by atoms with Crippen molar-refractivity contribution < 1.29 is 4.42 Å². The van der Waals surface area contributed by atoms with Gasteiger partial charge in [-0.05, 0) is 59.8 Å². The molecule has 0 aliphatic heterocycles. The van der Waals surface area contributed by atoms with Gasteiger partial charge in [0.25, 0.3) is 0 Å². The van der Waals surface area contributed by atoms with E-state index in [0.29, 0.717) is 5.92 Å². The summed E-state index contributed by atoms with van der Waals surface area (Å²) in [5.41, 5.74) is 9.47. The van der Waals surface area contributed by atoms with Crippen LogP contribution >= 0.6 is 11.9 Å². The van der Waals surface area contributed by atoms with Crippen molar-refractivity contribution in [2.75, 3.05) is 4.72 Å². The molecule has 4 heteroatoms. The van der Waals surface area contributed by atoms with Gasteiger partial charge in [-0.3, -0.25) is 0 Å². The smallest absolute Gasteiger partial charge is 0.135 e. The Hall–Kier alpha value is -2.17. The first-order valence-electron chi connectivity index (χ1n) is 8.06. The van der Waals surface area contributed by atoms with Gasteiger partial charge in [0.05, 0.1) is 12.0 Å². The van der Waals surface area contributed by atoms with Crippen molar-refractivity contribution in [2.24, 2.45) is 11.7 Å². The standard InChI is InChI=1S/C20H22N2OS/c1-14(2)20(21)15-10-11-18(17(13-15)19-9-6-12-23-19)22-24-16-7-4-3-5-8-16/h3-14,20,22H,21H2,1-2H3. The highest BCUT2D eigenvalue weighted by molar-refractivity contribution is 8.00. The van der Waals surface area contributed by atoms with Gasteiger partial charge in [-0.15, -0.1) is 0 Å². The Kier molecular flexibility index (Phi) is 5.28. The summed E-state index contributed by atoms with van der Waals surface area (Å²) < 4.78 is 9.05. The molecule has 3 aromatic rings. The number of furan rings is 1. The second-order valence-corrected chi connectivity index (χ2v) is 6.95. The molecule has 0 bridgehead atoms. The topological polar surface area (TPSA) is 51.2 Å². The highest BCUT2D eigenvalue weighted by Gasteiger charge is 2.15. The molecular weight excluding hydrogens is 316 g/mol. The molecule has 1 heterocycles. The molecule has 124 valence electrons. The van der Waals surface area contributed by atoms with Gasteiger partial charge in [-0.2, -0.15) is 0 Å². The van der Waals surface area contributed by atoms with E-state index in [1.165, 1.54) is 0 Å². The van der Waals surface area contributed by atoms with Crippen LogP contribution in [0.1, 0.15) is 25.5 Å². The van der Waals surface area contributed by atoms with E-state index in [0.717, 1.165) is 27.5 Å². The lowest BCUT2D eigenvalue weighted by Crippen LogP contribution is -2.16. The molecule has 3 rings (SSSR count). The first kappa shape index (κ1) is 16.7. The van der Waals surface area contributed by atoms with E-state index in [-0.39, 0.29) is 6.04 Å². The first-order valence-corrected chi connectivity index (χ1v) is 8.88. The lowest BCUT2D eigenvalue weighted by Gasteiger charge is -2.18. The van der Waals surface area contributed by atoms with Crippen LogP contribution in [0.4, 0.5) is 5.69 Å². The molecule has 0 spiro atoms. The Morgan fingerprint density at radius 1 is 1.00 bits per heavy atom. The van der Waals surface area contributed by atoms with Crippen molar-refractivity contribution >= 4 is 17.6 Å². The van der Waals surface area contributed by atoms with Crippen LogP contribution in [0, 0.1) is 5.92 Å². The largest absolute Gasteiger partial charge is 0.464 e. The third-order valence-corrected chi connectivity index (χ3v) is 4.79. The van der Waals surface area contributed by atoms with Crippen molar-refractivity contribution in [2.45, 2.75) is 24.8 Å². The fourth-order valence-electron chi connectivity index (χ4n) is 2.48. The normalized spacial score (nSPS) is 12.3. The molecule has 0 saturated heterocycles. The van der Waals surface area contributed by atoms with Gasteiger partial charge >= 0.3 is 0 Å². The molecule has 0 radical (unpaired) electrons. The lowest BCUT2D eigenvalue weighted by atomic mass is 9.94. The number of benzene rings is 2. The van der Waals surface area contributed by atoms with Gasteiger partial charge in [0.15, 0.2) is 0 Å². The maximum Gasteiger partial charge on any atom is 0.135 e. The van der Waals surface area contributed by atoms with E-state index in [4.69, 9.17) is 10.2 Å². The number of hydrogen-bond donors (Lipinski definition) is 2. The summed E-state index contributed by atoms with van der Waals surface area (Å²) in [4.78, 5) is 1.16. The van der Waals surface area contributed by atoms with E-state index in [1.54, 1.807) is 18.2 Å². The predicted molar refractivity (Wildman–Crippen MR) is 102 cm³/mol. The summed E-state index contributed by atoms with van der Waals surface area (Å²) >= 11 is 1.58. The molecule has 0 amide bonds. The molecule has 3 N–H and O–H groups in total. The molecular formula is C20H22N2OS. The molecule has 0 aliphatic rings. The Labute approximate surface area is 147 Å². The van der Waals surface area contributed by atoms with Crippen LogP contribution in [0.25, 0.3) is 11.3 Å². The average Bonchev–Trinajstić information content (AvgIpc) is 3.14. The summed E-state index contributed by atoms with van der Waals surface area (Å²) in [6.07, 6.45) is 1.69. The SMILES string of the molecule is CC(C)C(N)c1ccc(NSc2ccccc2)c(-c2ccco2)c1. The van der Waals surface area contributed by atoms with Crippen LogP contribution in [0.2, 0.25) is 0 Å². The fourth-order valence-corrected chi connectivity index (χ4v) is 3.18. The fraction of sp³-hybridized carbons (Fsp3) is 0.200. The van der Waals surface area contributed by atoms with Crippen LogP contribution in [0.15, 0.2) is 76.2 Å². The molecule has 1 aromatic heterocycles. The van der Waals surface area contributed by atoms with Gasteiger partial charge in [-0.1, -0.05) is 38.1 Å². The summed E-state index contributed by atoms with van der Waals surface area (Å²) in [6, 6.07) is 20.4. The van der Waals surface area contributed by atoms with Crippen LogP contribution < -0.4 is 10.5 Å². The van der Waals surface area contributed by atoms with Crippen molar-refractivity contribution in [3.8, 4) is 11.3 Å². The van der Waals surface area contributed by atoms with E-state index >= 15 is 0 Å². The van der Waals surface area contributed by atoms with Crippen LogP contribution in [-0.4, -0.2) is 0 Å². The Balaban J connectivity index is 1.90. The van der Waals surface area contributed by atoms with E-state index in [1.807, 2.05) is 30.3 Å². The minimum Gasteiger partial charge on any atom is -0.464 e. The quantitative estimate of drug-likeness (QED) is 0.564. The summed E-state index contributed by atoms with van der Waals surface area (Å²) in [7, 11) is 0. The summed E-state index contributed by atoms with van der Waals surface area (Å²) in [6.45, 7) is 4.27. The Bertz CT molecular complexity index is 770. The lowest BCUT2D eigenvalue weighted by molar-refractivity contribution is 0.514. The predicted octanol–water partition coefficient (Wildman–Crippen LogP) is 5.72. The molecule has 24 heavy (non-hydrogen) atoms. The van der Waals surface area contributed by atoms with E-state index in [2.05, 4.69) is 48.9 Å². The van der Waals surface area contributed by atoms with Gasteiger partial charge in [0.1, 0.15) is 5.76 Å². The zero-order valence-corrected chi connectivity index (χ0v) is 14.7. The third kappa shape index (κ3) is 3.83. The number of rotatable bonds is 6. The summed E-state index contributed by atoms with van der Waals surface area (Å²) in [5.74, 6) is 1.22. The molecule has 3 nitrogen and oxygen atoms in total. The highest BCUT2D eigenvalue weighted by Crippen LogP contribution is 2.34. The molecule has 1 atom stereocenters. The van der Waals surface area contributed by atoms with Crippen molar-refractivity contribution in [1.29, 1.82) is 0 Å². The molecule has 0 saturated carbocycles. The molecule has 2 aromatic carbocycles. The van der Waals surface area contributed by atoms with Crippen molar-refractivity contribution in [1.82, 2.24) is 0 Å². The van der Waals surface area contributed by atoms with Crippen LogP contribution in [-0.2, 0) is 0 Å². The zero-order chi connectivity index (χ0) is 16.9. The maximum absolute atomic E-state index is 6.32. The molecule has 0 fully saturated rings. The third-order valence-electron chi connectivity index (χ3n) is 3.96. The molecule has 1 unspecified atom stereocenters.